The lowest BCUT2D eigenvalue weighted by Crippen LogP contribution is -2.49. The first-order chi connectivity index (χ1) is 10.6. The van der Waals surface area contributed by atoms with E-state index in [1.165, 1.54) is 12.8 Å². The van der Waals surface area contributed by atoms with Crippen LogP contribution < -0.4 is 5.32 Å². The molecule has 2 heterocycles. The highest BCUT2D eigenvalue weighted by molar-refractivity contribution is 5.93. The van der Waals surface area contributed by atoms with E-state index in [0.717, 1.165) is 39.1 Å². The highest BCUT2D eigenvalue weighted by Gasteiger charge is 2.37. The fraction of sp³-hybridized carbons (Fsp3) is 0.750. The molecule has 122 valence electrons. The zero-order valence-corrected chi connectivity index (χ0v) is 13.5. The number of rotatable bonds is 6. The van der Waals surface area contributed by atoms with Crippen LogP contribution in [-0.4, -0.2) is 60.0 Å². The van der Waals surface area contributed by atoms with E-state index >= 15 is 0 Å². The van der Waals surface area contributed by atoms with Crippen molar-refractivity contribution >= 4 is 5.91 Å². The highest BCUT2D eigenvalue weighted by atomic mass is 16.5. The number of hydrogen-bond acceptors (Lipinski definition) is 4. The summed E-state index contributed by atoms with van der Waals surface area (Å²) >= 11 is 0. The Balaban J connectivity index is 1.58. The SMILES string of the molecule is COCC1(CNC2CC2)CCN(C(=O)c2cnn(C)c2)CC1. The molecule has 1 saturated carbocycles. The molecular weight excluding hydrogens is 280 g/mol. The van der Waals surface area contributed by atoms with E-state index in [9.17, 15) is 4.79 Å². The quantitative estimate of drug-likeness (QED) is 0.853. The second kappa shape index (κ2) is 6.38. The summed E-state index contributed by atoms with van der Waals surface area (Å²) in [4.78, 5) is 14.4. The van der Waals surface area contributed by atoms with Crippen molar-refractivity contribution in [2.45, 2.75) is 31.7 Å². The lowest BCUT2D eigenvalue weighted by molar-refractivity contribution is 0.0202. The number of nitrogens with one attached hydrogen (secondary N) is 1. The largest absolute Gasteiger partial charge is 0.384 e. The smallest absolute Gasteiger partial charge is 0.257 e. The maximum Gasteiger partial charge on any atom is 0.257 e. The van der Waals surface area contributed by atoms with Crippen LogP contribution in [0.4, 0.5) is 0 Å². The van der Waals surface area contributed by atoms with Gasteiger partial charge in [-0.15, -0.1) is 0 Å². The fourth-order valence-electron chi connectivity index (χ4n) is 3.23. The van der Waals surface area contributed by atoms with E-state index in [0.29, 0.717) is 11.6 Å². The Hall–Kier alpha value is -1.40. The normalized spacial score (nSPS) is 21.1. The first-order valence-corrected chi connectivity index (χ1v) is 8.12. The molecule has 0 aromatic carbocycles. The lowest BCUT2D eigenvalue weighted by Gasteiger charge is -2.41. The Morgan fingerprint density at radius 1 is 1.45 bits per heavy atom. The van der Waals surface area contributed by atoms with Gasteiger partial charge < -0.3 is 15.0 Å². The van der Waals surface area contributed by atoms with Gasteiger partial charge in [0.25, 0.3) is 5.91 Å². The maximum atomic E-state index is 12.5. The molecule has 3 rings (SSSR count). The second-order valence-corrected chi connectivity index (χ2v) is 6.78. The average molecular weight is 306 g/mol. The van der Waals surface area contributed by atoms with E-state index in [1.807, 2.05) is 11.9 Å². The molecule has 0 spiro atoms. The van der Waals surface area contributed by atoms with Crippen LogP contribution in [0.3, 0.4) is 0 Å². The van der Waals surface area contributed by atoms with E-state index in [2.05, 4.69) is 10.4 Å². The molecule has 1 amide bonds. The number of aromatic nitrogens is 2. The molecule has 1 aliphatic heterocycles. The van der Waals surface area contributed by atoms with Gasteiger partial charge in [-0.2, -0.15) is 5.10 Å². The van der Waals surface area contributed by atoms with Gasteiger partial charge in [-0.1, -0.05) is 0 Å². The van der Waals surface area contributed by atoms with Gasteiger partial charge in [0.05, 0.1) is 18.4 Å². The minimum absolute atomic E-state index is 0.0919. The molecule has 0 radical (unpaired) electrons. The Morgan fingerprint density at radius 2 is 2.18 bits per heavy atom. The number of hydrogen-bond donors (Lipinski definition) is 1. The molecule has 0 atom stereocenters. The van der Waals surface area contributed by atoms with Crippen LogP contribution in [-0.2, 0) is 11.8 Å². The molecule has 2 aliphatic rings. The summed E-state index contributed by atoms with van der Waals surface area (Å²) in [6.07, 6.45) is 8.02. The van der Waals surface area contributed by atoms with E-state index in [4.69, 9.17) is 4.74 Å². The van der Waals surface area contributed by atoms with Crippen LogP contribution in [0, 0.1) is 5.41 Å². The fourth-order valence-corrected chi connectivity index (χ4v) is 3.23. The third kappa shape index (κ3) is 3.50. The van der Waals surface area contributed by atoms with Crippen molar-refractivity contribution in [1.29, 1.82) is 0 Å². The minimum Gasteiger partial charge on any atom is -0.384 e. The number of likely N-dealkylation sites (tertiary alicyclic amines) is 1. The molecule has 0 bridgehead atoms. The van der Waals surface area contributed by atoms with E-state index in [-0.39, 0.29) is 11.3 Å². The summed E-state index contributed by atoms with van der Waals surface area (Å²) in [5.41, 5.74) is 0.848. The number of carbonyl (C=O) groups excluding carboxylic acids is 1. The summed E-state index contributed by atoms with van der Waals surface area (Å²) in [6.45, 7) is 3.36. The van der Waals surface area contributed by atoms with Crippen LogP contribution in [0.1, 0.15) is 36.0 Å². The predicted octanol–water partition coefficient (Wildman–Crippen LogP) is 1.04. The molecule has 6 nitrogen and oxygen atoms in total. The van der Waals surface area contributed by atoms with Crippen molar-refractivity contribution in [3.05, 3.63) is 18.0 Å². The van der Waals surface area contributed by atoms with Gasteiger partial charge in [-0.05, 0) is 25.7 Å². The van der Waals surface area contributed by atoms with E-state index < -0.39 is 0 Å². The molecule has 1 aromatic heterocycles. The Labute approximate surface area is 131 Å². The van der Waals surface area contributed by atoms with Crippen LogP contribution in [0.15, 0.2) is 12.4 Å². The number of ether oxygens (including phenoxy) is 1. The first-order valence-electron chi connectivity index (χ1n) is 8.12. The summed E-state index contributed by atoms with van der Waals surface area (Å²) in [6, 6.07) is 0.712. The summed E-state index contributed by atoms with van der Waals surface area (Å²) < 4.78 is 7.14. The maximum absolute atomic E-state index is 12.5. The zero-order chi connectivity index (χ0) is 15.6. The first kappa shape index (κ1) is 15.5. The van der Waals surface area contributed by atoms with Crippen LogP contribution in [0.2, 0.25) is 0 Å². The van der Waals surface area contributed by atoms with Crippen LogP contribution >= 0.6 is 0 Å². The van der Waals surface area contributed by atoms with Crippen molar-refractivity contribution in [1.82, 2.24) is 20.0 Å². The standard InChI is InChI=1S/C16H26N4O2/c1-19-10-13(9-18-19)15(21)20-7-5-16(6-8-20,12-22-2)11-17-14-3-4-14/h9-10,14,17H,3-8,11-12H2,1-2H3. The molecular formula is C16H26N4O2. The second-order valence-electron chi connectivity index (χ2n) is 6.78. The molecule has 1 N–H and O–H groups in total. The Bertz CT molecular complexity index is 516. The van der Waals surface area contributed by atoms with Crippen molar-refractivity contribution < 1.29 is 9.53 Å². The van der Waals surface area contributed by atoms with Gasteiger partial charge in [0.2, 0.25) is 0 Å². The average Bonchev–Trinajstić information content (AvgIpc) is 3.26. The monoisotopic (exact) mass is 306 g/mol. The van der Waals surface area contributed by atoms with Gasteiger partial charge in [-0.25, -0.2) is 0 Å². The van der Waals surface area contributed by atoms with Crippen molar-refractivity contribution in [2.24, 2.45) is 12.5 Å². The lowest BCUT2D eigenvalue weighted by atomic mass is 9.78. The number of carbonyl (C=O) groups is 1. The number of amides is 1. The Kier molecular flexibility index (Phi) is 4.49. The van der Waals surface area contributed by atoms with E-state index in [1.54, 1.807) is 24.2 Å². The molecule has 6 heteroatoms. The van der Waals surface area contributed by atoms with Gasteiger partial charge in [0.1, 0.15) is 0 Å². The Morgan fingerprint density at radius 3 is 2.73 bits per heavy atom. The number of aryl methyl sites for hydroxylation is 1. The molecule has 0 unspecified atom stereocenters. The van der Waals surface area contributed by atoms with Gasteiger partial charge in [0, 0.05) is 51.4 Å². The highest BCUT2D eigenvalue weighted by Crippen LogP contribution is 2.33. The molecule has 1 aromatic rings. The molecule has 22 heavy (non-hydrogen) atoms. The molecule has 2 fully saturated rings. The summed E-state index contributed by atoms with van der Waals surface area (Å²) in [7, 11) is 3.60. The van der Waals surface area contributed by atoms with Gasteiger partial charge in [-0.3, -0.25) is 9.48 Å². The minimum atomic E-state index is 0.0919. The van der Waals surface area contributed by atoms with Crippen molar-refractivity contribution in [3.8, 4) is 0 Å². The van der Waals surface area contributed by atoms with Crippen LogP contribution in [0.25, 0.3) is 0 Å². The number of piperidine rings is 1. The zero-order valence-electron chi connectivity index (χ0n) is 13.5. The predicted molar refractivity (Wildman–Crippen MR) is 83.7 cm³/mol. The summed E-state index contributed by atoms with van der Waals surface area (Å²) in [5, 5.41) is 7.72. The van der Waals surface area contributed by atoms with Crippen molar-refractivity contribution in [2.75, 3.05) is 33.4 Å². The molecule has 1 aliphatic carbocycles. The summed E-state index contributed by atoms with van der Waals surface area (Å²) in [5.74, 6) is 0.0919. The molecule has 1 saturated heterocycles. The third-order valence-corrected chi connectivity index (χ3v) is 4.86. The third-order valence-electron chi connectivity index (χ3n) is 4.86. The topological polar surface area (TPSA) is 59.4 Å². The van der Waals surface area contributed by atoms with Crippen molar-refractivity contribution in [3.63, 3.8) is 0 Å². The number of methoxy groups -OCH3 is 1. The van der Waals surface area contributed by atoms with Gasteiger partial charge >= 0.3 is 0 Å². The van der Waals surface area contributed by atoms with Crippen LogP contribution in [0.5, 0.6) is 0 Å². The van der Waals surface area contributed by atoms with Gasteiger partial charge in [0.15, 0.2) is 0 Å². The number of nitrogens with zero attached hydrogens (tertiary/aromatic N) is 3.